The van der Waals surface area contributed by atoms with Gasteiger partial charge in [-0.05, 0) is 42.5 Å². The number of nitrogens with one attached hydrogen (secondary N) is 1. The van der Waals surface area contributed by atoms with Gasteiger partial charge in [-0.3, -0.25) is 9.78 Å². The van der Waals surface area contributed by atoms with Crippen molar-refractivity contribution in [3.8, 4) is 0 Å². The molecule has 2 aromatic carbocycles. The number of halogens is 1. The van der Waals surface area contributed by atoms with Crippen LogP contribution in [-0.4, -0.2) is 10.9 Å². The van der Waals surface area contributed by atoms with Gasteiger partial charge in [0.1, 0.15) is 0 Å². The molecule has 98 valence electrons. The maximum absolute atomic E-state index is 12.2. The molecule has 0 unspecified atom stereocenters. The van der Waals surface area contributed by atoms with Gasteiger partial charge >= 0.3 is 0 Å². The van der Waals surface area contributed by atoms with Gasteiger partial charge in [0, 0.05) is 27.9 Å². The van der Waals surface area contributed by atoms with E-state index in [0.717, 1.165) is 10.9 Å². The van der Waals surface area contributed by atoms with Crippen molar-refractivity contribution in [2.75, 3.05) is 5.32 Å². The summed E-state index contributed by atoms with van der Waals surface area (Å²) in [7, 11) is 0. The number of rotatable bonds is 2. The van der Waals surface area contributed by atoms with Gasteiger partial charge in [0.25, 0.3) is 5.91 Å². The number of carbonyl (C=O) groups is 1. The zero-order chi connectivity index (χ0) is 13.9. The largest absolute Gasteiger partial charge is 0.322 e. The molecule has 3 aromatic rings. The summed E-state index contributed by atoms with van der Waals surface area (Å²) in [5.41, 5.74) is 2.09. The Kier molecular flexibility index (Phi) is 3.35. The summed E-state index contributed by atoms with van der Waals surface area (Å²) >= 11 is 5.81. The molecule has 1 N–H and O–H groups in total. The lowest BCUT2D eigenvalue weighted by Crippen LogP contribution is -2.11. The summed E-state index contributed by atoms with van der Waals surface area (Å²) in [4.78, 5) is 16.4. The third kappa shape index (κ3) is 2.63. The first kappa shape index (κ1) is 12.6. The number of nitrogens with zero attached hydrogens (tertiary/aromatic N) is 1. The second-order valence-electron chi connectivity index (χ2n) is 4.37. The van der Waals surface area contributed by atoms with Crippen LogP contribution in [0.25, 0.3) is 10.9 Å². The van der Waals surface area contributed by atoms with E-state index >= 15 is 0 Å². The van der Waals surface area contributed by atoms with Crippen molar-refractivity contribution in [2.45, 2.75) is 0 Å². The van der Waals surface area contributed by atoms with Gasteiger partial charge in [-0.2, -0.15) is 0 Å². The van der Waals surface area contributed by atoms with E-state index < -0.39 is 0 Å². The van der Waals surface area contributed by atoms with Gasteiger partial charge in [0.2, 0.25) is 0 Å². The number of anilines is 1. The molecule has 4 heteroatoms. The van der Waals surface area contributed by atoms with Crippen molar-refractivity contribution in [1.29, 1.82) is 0 Å². The number of hydrogen-bond acceptors (Lipinski definition) is 2. The zero-order valence-corrected chi connectivity index (χ0v) is 11.3. The SMILES string of the molecule is O=C(Nc1ccc(Cl)cc1)c1ccc2cccnc2c1. The second-order valence-corrected chi connectivity index (χ2v) is 4.81. The maximum atomic E-state index is 12.2. The Balaban J connectivity index is 1.86. The Hall–Kier alpha value is -2.39. The summed E-state index contributed by atoms with van der Waals surface area (Å²) in [6.07, 6.45) is 1.71. The highest BCUT2D eigenvalue weighted by molar-refractivity contribution is 6.30. The molecule has 1 amide bonds. The van der Waals surface area contributed by atoms with Crippen molar-refractivity contribution in [1.82, 2.24) is 4.98 Å². The molecule has 1 heterocycles. The van der Waals surface area contributed by atoms with Gasteiger partial charge in [-0.15, -0.1) is 0 Å². The van der Waals surface area contributed by atoms with Crippen LogP contribution >= 0.6 is 11.6 Å². The molecule has 0 fully saturated rings. The molecule has 0 saturated heterocycles. The molecule has 0 atom stereocenters. The second kappa shape index (κ2) is 5.31. The van der Waals surface area contributed by atoms with Crippen LogP contribution in [0, 0.1) is 0 Å². The number of pyridine rings is 1. The van der Waals surface area contributed by atoms with E-state index in [0.29, 0.717) is 16.3 Å². The molecule has 0 aliphatic heterocycles. The van der Waals surface area contributed by atoms with E-state index in [-0.39, 0.29) is 5.91 Å². The molecule has 0 spiro atoms. The van der Waals surface area contributed by atoms with Crippen LogP contribution in [0.5, 0.6) is 0 Å². The summed E-state index contributed by atoms with van der Waals surface area (Å²) in [5, 5.41) is 4.47. The van der Waals surface area contributed by atoms with Crippen molar-refractivity contribution in [3.05, 3.63) is 71.4 Å². The predicted molar refractivity (Wildman–Crippen MR) is 81.1 cm³/mol. The number of carbonyl (C=O) groups excluding carboxylic acids is 1. The Morgan fingerprint density at radius 2 is 1.85 bits per heavy atom. The van der Waals surface area contributed by atoms with E-state index in [9.17, 15) is 4.79 Å². The summed E-state index contributed by atoms with van der Waals surface area (Å²) in [6.45, 7) is 0. The highest BCUT2D eigenvalue weighted by Gasteiger charge is 2.07. The molecular formula is C16H11ClN2O. The van der Waals surface area contributed by atoms with Crippen molar-refractivity contribution in [2.24, 2.45) is 0 Å². The predicted octanol–water partition coefficient (Wildman–Crippen LogP) is 4.14. The minimum Gasteiger partial charge on any atom is -0.322 e. The van der Waals surface area contributed by atoms with Crippen molar-refractivity contribution in [3.63, 3.8) is 0 Å². The van der Waals surface area contributed by atoms with Crippen LogP contribution in [0.15, 0.2) is 60.8 Å². The van der Waals surface area contributed by atoms with E-state index in [4.69, 9.17) is 11.6 Å². The molecule has 0 aliphatic carbocycles. The van der Waals surface area contributed by atoms with E-state index in [1.165, 1.54) is 0 Å². The fourth-order valence-corrected chi connectivity index (χ4v) is 2.07. The number of fused-ring (bicyclic) bond motifs is 1. The van der Waals surface area contributed by atoms with Crippen LogP contribution in [0.2, 0.25) is 5.02 Å². The molecule has 1 aromatic heterocycles. The quantitative estimate of drug-likeness (QED) is 0.767. The van der Waals surface area contributed by atoms with E-state index in [1.807, 2.05) is 18.2 Å². The lowest BCUT2D eigenvalue weighted by atomic mass is 10.1. The highest BCUT2D eigenvalue weighted by Crippen LogP contribution is 2.17. The average Bonchev–Trinajstić information content (AvgIpc) is 2.49. The van der Waals surface area contributed by atoms with Crippen LogP contribution < -0.4 is 5.32 Å². The molecule has 0 aliphatic rings. The standard InChI is InChI=1S/C16H11ClN2O/c17-13-5-7-14(8-6-13)19-16(20)12-4-3-11-2-1-9-18-15(11)10-12/h1-10H,(H,19,20). The van der Waals surface area contributed by atoms with Crippen LogP contribution in [0.3, 0.4) is 0 Å². The number of aromatic nitrogens is 1. The van der Waals surface area contributed by atoms with E-state index in [1.54, 1.807) is 42.6 Å². The summed E-state index contributed by atoms with van der Waals surface area (Å²) < 4.78 is 0. The van der Waals surface area contributed by atoms with Gasteiger partial charge in [0.15, 0.2) is 0 Å². The van der Waals surface area contributed by atoms with Crippen molar-refractivity contribution < 1.29 is 4.79 Å². The Labute approximate surface area is 121 Å². The zero-order valence-electron chi connectivity index (χ0n) is 10.5. The first-order valence-corrected chi connectivity index (χ1v) is 6.52. The van der Waals surface area contributed by atoms with Gasteiger partial charge < -0.3 is 5.32 Å². The van der Waals surface area contributed by atoms with Gasteiger partial charge in [0.05, 0.1) is 5.52 Å². The molecule has 0 bridgehead atoms. The first-order valence-electron chi connectivity index (χ1n) is 6.14. The van der Waals surface area contributed by atoms with E-state index in [2.05, 4.69) is 10.3 Å². The molecule has 0 saturated carbocycles. The Morgan fingerprint density at radius 1 is 1.05 bits per heavy atom. The summed E-state index contributed by atoms with van der Waals surface area (Å²) in [6, 6.07) is 16.3. The lowest BCUT2D eigenvalue weighted by molar-refractivity contribution is 0.102. The molecule has 0 radical (unpaired) electrons. The Bertz CT molecular complexity index is 769. The third-order valence-corrected chi connectivity index (χ3v) is 3.22. The average molecular weight is 283 g/mol. The first-order chi connectivity index (χ1) is 9.72. The maximum Gasteiger partial charge on any atom is 0.255 e. The normalized spacial score (nSPS) is 10.4. The smallest absolute Gasteiger partial charge is 0.255 e. The lowest BCUT2D eigenvalue weighted by Gasteiger charge is -2.06. The molecule has 3 rings (SSSR count). The number of amides is 1. The fourth-order valence-electron chi connectivity index (χ4n) is 1.94. The third-order valence-electron chi connectivity index (χ3n) is 2.97. The minimum absolute atomic E-state index is 0.167. The van der Waals surface area contributed by atoms with Crippen molar-refractivity contribution >= 4 is 34.1 Å². The van der Waals surface area contributed by atoms with Crippen LogP contribution in [0.1, 0.15) is 10.4 Å². The number of benzene rings is 2. The Morgan fingerprint density at radius 3 is 2.65 bits per heavy atom. The highest BCUT2D eigenvalue weighted by atomic mass is 35.5. The monoisotopic (exact) mass is 282 g/mol. The van der Waals surface area contributed by atoms with Crippen LogP contribution in [0.4, 0.5) is 5.69 Å². The molecule has 3 nitrogen and oxygen atoms in total. The molecule has 20 heavy (non-hydrogen) atoms. The number of hydrogen-bond donors (Lipinski definition) is 1. The summed E-state index contributed by atoms with van der Waals surface area (Å²) in [5.74, 6) is -0.167. The topological polar surface area (TPSA) is 42.0 Å². The van der Waals surface area contributed by atoms with Gasteiger partial charge in [-0.1, -0.05) is 23.7 Å². The molecular weight excluding hydrogens is 272 g/mol. The minimum atomic E-state index is -0.167. The van der Waals surface area contributed by atoms with Gasteiger partial charge in [-0.25, -0.2) is 0 Å². The fraction of sp³-hybridized carbons (Fsp3) is 0. The van der Waals surface area contributed by atoms with Crippen LogP contribution in [-0.2, 0) is 0 Å².